The number of halogens is 1. The highest BCUT2D eigenvalue weighted by molar-refractivity contribution is 9.10. The first-order chi connectivity index (χ1) is 8.29. The van der Waals surface area contributed by atoms with Crippen LogP contribution in [0.3, 0.4) is 0 Å². The van der Waals surface area contributed by atoms with Gasteiger partial charge in [-0.2, -0.15) is 0 Å². The third-order valence-electron chi connectivity index (χ3n) is 2.38. The van der Waals surface area contributed by atoms with E-state index in [-0.39, 0.29) is 0 Å². The topological polar surface area (TPSA) is 9.23 Å². The molecule has 17 heavy (non-hydrogen) atoms. The summed E-state index contributed by atoms with van der Waals surface area (Å²) in [4.78, 5) is 1.17. The highest BCUT2D eigenvalue weighted by Gasteiger charge is 2.01. The summed E-state index contributed by atoms with van der Waals surface area (Å²) in [6.07, 6.45) is 2.06. The van der Waals surface area contributed by atoms with Gasteiger partial charge in [-0.15, -0.1) is 11.8 Å². The molecule has 0 fully saturated rings. The fourth-order valence-corrected chi connectivity index (χ4v) is 2.29. The minimum absolute atomic E-state index is 0.602. The van der Waals surface area contributed by atoms with Gasteiger partial charge in [0.1, 0.15) is 12.4 Å². The zero-order chi connectivity index (χ0) is 12.1. The van der Waals surface area contributed by atoms with Gasteiger partial charge in [-0.25, -0.2) is 0 Å². The molecule has 0 amide bonds. The van der Waals surface area contributed by atoms with Crippen LogP contribution in [0.5, 0.6) is 5.75 Å². The molecule has 0 radical (unpaired) electrons. The summed E-state index contributed by atoms with van der Waals surface area (Å²) in [5, 5.41) is 0. The van der Waals surface area contributed by atoms with Crippen LogP contribution in [0.15, 0.2) is 57.9 Å². The molecule has 0 aliphatic heterocycles. The molecule has 0 aliphatic rings. The molecule has 0 aromatic heterocycles. The third-order valence-corrected chi connectivity index (χ3v) is 3.68. The van der Waals surface area contributed by atoms with Gasteiger partial charge >= 0.3 is 0 Å². The Balaban J connectivity index is 2.04. The van der Waals surface area contributed by atoms with Crippen molar-refractivity contribution in [2.24, 2.45) is 0 Å². The lowest BCUT2D eigenvalue weighted by molar-refractivity contribution is 0.299. The SMILES string of the molecule is CSc1ccccc1OCc1ccc(Br)cc1. The van der Waals surface area contributed by atoms with Crippen molar-refractivity contribution in [2.75, 3.05) is 6.26 Å². The molecule has 88 valence electrons. The maximum atomic E-state index is 5.82. The summed E-state index contributed by atoms with van der Waals surface area (Å²) in [7, 11) is 0. The van der Waals surface area contributed by atoms with Gasteiger partial charge in [0.15, 0.2) is 0 Å². The summed E-state index contributed by atoms with van der Waals surface area (Å²) >= 11 is 5.12. The van der Waals surface area contributed by atoms with Crippen molar-refractivity contribution in [2.45, 2.75) is 11.5 Å². The van der Waals surface area contributed by atoms with E-state index in [1.54, 1.807) is 11.8 Å². The summed E-state index contributed by atoms with van der Waals surface area (Å²) in [6, 6.07) is 16.3. The number of ether oxygens (including phenoxy) is 1. The average Bonchev–Trinajstić information content (AvgIpc) is 2.38. The van der Waals surface area contributed by atoms with Crippen molar-refractivity contribution < 1.29 is 4.74 Å². The number of hydrogen-bond donors (Lipinski definition) is 0. The predicted octanol–water partition coefficient (Wildman–Crippen LogP) is 4.75. The number of thioether (sulfide) groups is 1. The van der Waals surface area contributed by atoms with Gasteiger partial charge in [0.05, 0.1) is 0 Å². The molecule has 2 aromatic carbocycles. The van der Waals surface area contributed by atoms with E-state index < -0.39 is 0 Å². The fourth-order valence-electron chi connectivity index (χ4n) is 1.48. The van der Waals surface area contributed by atoms with Crippen molar-refractivity contribution in [3.63, 3.8) is 0 Å². The largest absolute Gasteiger partial charge is 0.488 e. The van der Waals surface area contributed by atoms with Crippen LogP contribution in [-0.2, 0) is 6.61 Å². The summed E-state index contributed by atoms with van der Waals surface area (Å²) in [5.74, 6) is 0.947. The molecule has 2 aromatic rings. The van der Waals surface area contributed by atoms with Crippen LogP contribution in [-0.4, -0.2) is 6.26 Å². The Kier molecular flexibility index (Phi) is 4.51. The Bertz CT molecular complexity index is 482. The van der Waals surface area contributed by atoms with E-state index in [0.29, 0.717) is 6.61 Å². The Labute approximate surface area is 114 Å². The van der Waals surface area contributed by atoms with Gasteiger partial charge in [-0.3, -0.25) is 0 Å². The van der Waals surface area contributed by atoms with Crippen LogP contribution in [0, 0.1) is 0 Å². The van der Waals surface area contributed by atoms with Crippen LogP contribution < -0.4 is 4.74 Å². The van der Waals surface area contributed by atoms with E-state index >= 15 is 0 Å². The quantitative estimate of drug-likeness (QED) is 0.754. The van der Waals surface area contributed by atoms with E-state index in [1.807, 2.05) is 30.3 Å². The normalized spacial score (nSPS) is 10.2. The molecular weight excluding hydrogens is 296 g/mol. The fraction of sp³-hybridized carbons (Fsp3) is 0.143. The van der Waals surface area contributed by atoms with Gasteiger partial charge in [0.2, 0.25) is 0 Å². The van der Waals surface area contributed by atoms with Crippen molar-refractivity contribution >= 4 is 27.7 Å². The maximum absolute atomic E-state index is 5.82. The smallest absolute Gasteiger partial charge is 0.133 e. The first kappa shape index (κ1) is 12.5. The second kappa shape index (κ2) is 6.12. The van der Waals surface area contributed by atoms with Gasteiger partial charge in [-0.05, 0) is 36.1 Å². The molecule has 0 heterocycles. The lowest BCUT2D eigenvalue weighted by Gasteiger charge is -2.09. The van der Waals surface area contributed by atoms with Crippen LogP contribution in [0.4, 0.5) is 0 Å². The molecule has 2 rings (SSSR count). The zero-order valence-corrected chi connectivity index (χ0v) is 11.9. The minimum Gasteiger partial charge on any atom is -0.488 e. The second-order valence-electron chi connectivity index (χ2n) is 3.57. The highest BCUT2D eigenvalue weighted by atomic mass is 79.9. The standard InChI is InChI=1S/C14H13BrOS/c1-17-14-5-3-2-4-13(14)16-10-11-6-8-12(15)9-7-11/h2-9H,10H2,1H3. The maximum Gasteiger partial charge on any atom is 0.133 e. The van der Waals surface area contributed by atoms with Crippen molar-refractivity contribution in [1.82, 2.24) is 0 Å². The molecule has 0 spiro atoms. The van der Waals surface area contributed by atoms with Crippen LogP contribution in [0.25, 0.3) is 0 Å². The number of para-hydroxylation sites is 1. The summed E-state index contributed by atoms with van der Waals surface area (Å²) in [6.45, 7) is 0.602. The van der Waals surface area contributed by atoms with Gasteiger partial charge in [0.25, 0.3) is 0 Å². The molecule has 0 bridgehead atoms. The molecule has 0 N–H and O–H groups in total. The highest BCUT2D eigenvalue weighted by Crippen LogP contribution is 2.27. The lowest BCUT2D eigenvalue weighted by atomic mass is 10.2. The third kappa shape index (κ3) is 3.51. The molecule has 1 nitrogen and oxygen atoms in total. The summed E-state index contributed by atoms with van der Waals surface area (Å²) < 4.78 is 6.91. The molecule has 3 heteroatoms. The zero-order valence-electron chi connectivity index (χ0n) is 9.52. The van der Waals surface area contributed by atoms with E-state index in [9.17, 15) is 0 Å². The first-order valence-electron chi connectivity index (χ1n) is 5.30. The van der Waals surface area contributed by atoms with Crippen molar-refractivity contribution in [3.05, 3.63) is 58.6 Å². The average molecular weight is 309 g/mol. The van der Waals surface area contributed by atoms with E-state index in [0.717, 1.165) is 10.2 Å². The van der Waals surface area contributed by atoms with Gasteiger partial charge in [-0.1, -0.05) is 40.2 Å². The molecule has 0 aliphatic carbocycles. The number of hydrogen-bond acceptors (Lipinski definition) is 2. The first-order valence-corrected chi connectivity index (χ1v) is 7.31. The van der Waals surface area contributed by atoms with Crippen LogP contribution >= 0.6 is 27.7 Å². The van der Waals surface area contributed by atoms with Crippen molar-refractivity contribution in [3.8, 4) is 5.75 Å². The second-order valence-corrected chi connectivity index (χ2v) is 5.33. The Morgan fingerprint density at radius 3 is 2.47 bits per heavy atom. The van der Waals surface area contributed by atoms with Crippen molar-refractivity contribution in [1.29, 1.82) is 0 Å². The van der Waals surface area contributed by atoms with Crippen LogP contribution in [0.1, 0.15) is 5.56 Å². The van der Waals surface area contributed by atoms with Crippen LogP contribution in [0.2, 0.25) is 0 Å². The minimum atomic E-state index is 0.602. The predicted molar refractivity (Wildman–Crippen MR) is 76.7 cm³/mol. The van der Waals surface area contributed by atoms with E-state index in [4.69, 9.17) is 4.74 Å². The molecule has 0 saturated heterocycles. The summed E-state index contributed by atoms with van der Waals surface area (Å²) in [5.41, 5.74) is 1.17. The van der Waals surface area contributed by atoms with Gasteiger partial charge < -0.3 is 4.74 Å². The van der Waals surface area contributed by atoms with E-state index in [2.05, 4.69) is 40.4 Å². The monoisotopic (exact) mass is 308 g/mol. The molecule has 0 unspecified atom stereocenters. The van der Waals surface area contributed by atoms with Gasteiger partial charge in [0, 0.05) is 9.37 Å². The lowest BCUT2D eigenvalue weighted by Crippen LogP contribution is -1.96. The van der Waals surface area contributed by atoms with E-state index in [1.165, 1.54) is 10.5 Å². The molecule has 0 atom stereocenters. The molecular formula is C14H13BrOS. The Morgan fingerprint density at radius 2 is 1.76 bits per heavy atom. The molecule has 0 saturated carbocycles. The number of rotatable bonds is 4. The number of benzene rings is 2. The Hall–Kier alpha value is -0.930. The Morgan fingerprint density at radius 1 is 1.06 bits per heavy atom.